The van der Waals surface area contributed by atoms with Crippen molar-refractivity contribution in [3.05, 3.63) is 42.4 Å². The van der Waals surface area contributed by atoms with Gasteiger partial charge in [0.2, 0.25) is 0 Å². The summed E-state index contributed by atoms with van der Waals surface area (Å²) in [6.45, 7) is 0. The van der Waals surface area contributed by atoms with Crippen LogP contribution in [0.5, 0.6) is 0 Å². The summed E-state index contributed by atoms with van der Waals surface area (Å²) >= 11 is 0. The van der Waals surface area contributed by atoms with E-state index in [1.165, 1.54) is 6.20 Å². The van der Waals surface area contributed by atoms with Crippen molar-refractivity contribution >= 4 is 28.4 Å². The number of nitrogens with two attached hydrogens (primary N) is 1. The van der Waals surface area contributed by atoms with E-state index >= 15 is 0 Å². The Bertz CT molecular complexity index is 1260. The van der Waals surface area contributed by atoms with Crippen LogP contribution in [0.15, 0.2) is 36.8 Å². The number of nitrogens with zero attached hydrogens (tertiary/aromatic N) is 5. The first-order valence-electron chi connectivity index (χ1n) is 9.97. The third-order valence-corrected chi connectivity index (χ3v) is 5.94. The second-order valence-corrected chi connectivity index (χ2v) is 7.53. The summed E-state index contributed by atoms with van der Waals surface area (Å²) in [7, 11) is 3.57. The van der Waals surface area contributed by atoms with E-state index in [-0.39, 0.29) is 17.7 Å². The maximum atomic E-state index is 11.9. The van der Waals surface area contributed by atoms with Crippen molar-refractivity contribution in [3.8, 4) is 11.3 Å². The number of carbonyl (C=O) groups is 1. The van der Waals surface area contributed by atoms with Crippen molar-refractivity contribution in [1.82, 2.24) is 24.1 Å². The molecule has 0 saturated heterocycles. The number of fused-ring (bicyclic) bond motifs is 2. The summed E-state index contributed by atoms with van der Waals surface area (Å²) in [5.41, 5.74) is 8.80. The number of rotatable bonds is 5. The first-order chi connectivity index (χ1) is 14.6. The van der Waals surface area contributed by atoms with Gasteiger partial charge in [0.25, 0.3) is 5.91 Å². The highest BCUT2D eigenvalue weighted by molar-refractivity contribution is 6.00. The average Bonchev–Trinajstić information content (AvgIpc) is 3.48. The lowest BCUT2D eigenvalue weighted by molar-refractivity contribution is 0.0762. The van der Waals surface area contributed by atoms with Gasteiger partial charge >= 0.3 is 0 Å². The van der Waals surface area contributed by atoms with Gasteiger partial charge in [-0.15, -0.1) is 0 Å². The van der Waals surface area contributed by atoms with Crippen molar-refractivity contribution in [2.45, 2.75) is 31.4 Å². The molecule has 1 fully saturated rings. The summed E-state index contributed by atoms with van der Waals surface area (Å²) < 4.78 is 9.52. The Morgan fingerprint density at radius 3 is 2.97 bits per heavy atom. The van der Waals surface area contributed by atoms with Crippen LogP contribution in [-0.2, 0) is 4.74 Å². The molecule has 30 heavy (non-hydrogen) atoms. The largest absolute Gasteiger partial charge is 0.379 e. The molecule has 154 valence electrons. The predicted octanol–water partition coefficient (Wildman–Crippen LogP) is 2.63. The van der Waals surface area contributed by atoms with E-state index in [0.29, 0.717) is 11.5 Å². The summed E-state index contributed by atoms with van der Waals surface area (Å²) in [5, 5.41) is 8.38. The van der Waals surface area contributed by atoms with E-state index in [2.05, 4.69) is 26.2 Å². The molecule has 4 aromatic heterocycles. The lowest BCUT2D eigenvalue weighted by atomic mass is 10.1. The minimum Gasteiger partial charge on any atom is -0.379 e. The van der Waals surface area contributed by atoms with E-state index in [1.54, 1.807) is 24.9 Å². The van der Waals surface area contributed by atoms with Gasteiger partial charge in [-0.2, -0.15) is 9.61 Å². The maximum absolute atomic E-state index is 11.9. The number of hydrogen-bond acceptors (Lipinski definition) is 6. The van der Waals surface area contributed by atoms with Crippen LogP contribution < -0.4 is 11.1 Å². The zero-order valence-corrected chi connectivity index (χ0v) is 16.9. The molecule has 0 spiro atoms. The highest BCUT2D eigenvalue weighted by Gasteiger charge is 2.30. The fourth-order valence-corrected chi connectivity index (χ4v) is 4.49. The Morgan fingerprint density at radius 2 is 2.20 bits per heavy atom. The molecule has 0 radical (unpaired) electrons. The van der Waals surface area contributed by atoms with Gasteiger partial charge in [-0.1, -0.05) is 0 Å². The molecular formula is C21H23N7O2. The zero-order chi connectivity index (χ0) is 20.8. The van der Waals surface area contributed by atoms with Crippen LogP contribution in [0.1, 0.15) is 35.7 Å². The number of anilines is 1. The van der Waals surface area contributed by atoms with Gasteiger partial charge in [-0.25, -0.2) is 9.97 Å². The smallest absolute Gasteiger partial charge is 0.254 e. The Hall–Kier alpha value is -3.46. The number of carbonyl (C=O) groups excluding carboxylic acids is 1. The summed E-state index contributed by atoms with van der Waals surface area (Å²) in [5.74, 6) is 0.151. The van der Waals surface area contributed by atoms with Crippen molar-refractivity contribution in [1.29, 1.82) is 0 Å². The Labute approximate surface area is 172 Å². The van der Waals surface area contributed by atoms with E-state index in [1.807, 2.05) is 18.2 Å². The standard InChI is InChI=1S/C21H23N7O2/c1-23-18-9-15(26-21-13(19(22)29)10-25-28(18)21)14-11-27(16-6-3-7-17(16)30-2)20-12(14)5-4-8-24-20/h4-5,8-11,16-17,23H,3,6-7H2,1-2H3,(H2,22,29)/t16-,17-/m1/s1. The monoisotopic (exact) mass is 405 g/mol. The van der Waals surface area contributed by atoms with E-state index in [0.717, 1.165) is 41.6 Å². The van der Waals surface area contributed by atoms with Crippen LogP contribution in [0.25, 0.3) is 27.9 Å². The van der Waals surface area contributed by atoms with Gasteiger partial charge in [0.15, 0.2) is 5.65 Å². The zero-order valence-electron chi connectivity index (χ0n) is 16.9. The molecule has 0 unspecified atom stereocenters. The molecule has 1 amide bonds. The third-order valence-electron chi connectivity index (χ3n) is 5.94. The molecule has 4 aromatic rings. The Balaban J connectivity index is 1.75. The third kappa shape index (κ3) is 2.73. The van der Waals surface area contributed by atoms with E-state index in [9.17, 15) is 4.79 Å². The molecule has 0 bridgehead atoms. The lowest BCUT2D eigenvalue weighted by Gasteiger charge is -2.20. The van der Waals surface area contributed by atoms with Gasteiger partial charge < -0.3 is 20.4 Å². The van der Waals surface area contributed by atoms with Crippen molar-refractivity contribution in [2.24, 2.45) is 5.73 Å². The van der Waals surface area contributed by atoms with Crippen LogP contribution in [-0.4, -0.2) is 50.3 Å². The molecule has 0 aliphatic heterocycles. The van der Waals surface area contributed by atoms with Gasteiger partial charge in [-0.05, 0) is 31.4 Å². The highest BCUT2D eigenvalue weighted by atomic mass is 16.5. The fraction of sp³-hybridized carbons (Fsp3) is 0.333. The lowest BCUT2D eigenvalue weighted by Crippen LogP contribution is -2.20. The summed E-state index contributed by atoms with van der Waals surface area (Å²) in [6, 6.07) is 6.11. The average molecular weight is 405 g/mol. The number of amides is 1. The SMILES string of the molecule is CNc1cc(-c2cn([C@@H]3CCC[C@H]3OC)c3ncccc23)nc2c(C(N)=O)cnn12. The van der Waals surface area contributed by atoms with Crippen molar-refractivity contribution in [2.75, 3.05) is 19.5 Å². The van der Waals surface area contributed by atoms with Crippen LogP contribution in [0.4, 0.5) is 5.82 Å². The second-order valence-electron chi connectivity index (χ2n) is 7.53. The first-order valence-corrected chi connectivity index (χ1v) is 9.97. The number of hydrogen-bond donors (Lipinski definition) is 2. The molecule has 2 atom stereocenters. The Kier molecular flexibility index (Phi) is 4.39. The van der Waals surface area contributed by atoms with Crippen LogP contribution in [0, 0.1) is 0 Å². The van der Waals surface area contributed by atoms with Gasteiger partial charge in [0.1, 0.15) is 17.0 Å². The topological polar surface area (TPSA) is 112 Å². The van der Waals surface area contributed by atoms with E-state index in [4.69, 9.17) is 15.5 Å². The molecule has 9 nitrogen and oxygen atoms in total. The Morgan fingerprint density at radius 1 is 1.33 bits per heavy atom. The van der Waals surface area contributed by atoms with Gasteiger partial charge in [0, 0.05) is 43.6 Å². The number of methoxy groups -OCH3 is 1. The molecule has 9 heteroatoms. The minimum atomic E-state index is -0.560. The molecule has 4 heterocycles. The molecule has 3 N–H and O–H groups in total. The molecule has 1 aliphatic carbocycles. The normalized spacial score (nSPS) is 19.0. The molecule has 5 rings (SSSR count). The first kappa shape index (κ1) is 18.6. The number of nitrogens with one attached hydrogen (secondary N) is 1. The number of aromatic nitrogens is 5. The van der Waals surface area contributed by atoms with Crippen LogP contribution >= 0.6 is 0 Å². The molecule has 0 aromatic carbocycles. The number of pyridine rings is 1. The predicted molar refractivity (Wildman–Crippen MR) is 113 cm³/mol. The number of ether oxygens (including phenoxy) is 1. The molecule has 1 saturated carbocycles. The summed E-state index contributed by atoms with van der Waals surface area (Å²) in [4.78, 5) is 21.3. The molecular weight excluding hydrogens is 382 g/mol. The quantitative estimate of drug-likeness (QED) is 0.528. The van der Waals surface area contributed by atoms with Gasteiger partial charge in [-0.3, -0.25) is 4.79 Å². The maximum Gasteiger partial charge on any atom is 0.254 e. The highest BCUT2D eigenvalue weighted by Crippen LogP contribution is 2.38. The second kappa shape index (κ2) is 7.10. The van der Waals surface area contributed by atoms with Crippen LogP contribution in [0.2, 0.25) is 0 Å². The van der Waals surface area contributed by atoms with Crippen LogP contribution in [0.3, 0.4) is 0 Å². The van der Waals surface area contributed by atoms with Gasteiger partial charge in [0.05, 0.1) is 24.0 Å². The minimum absolute atomic E-state index is 0.162. The fourth-order valence-electron chi connectivity index (χ4n) is 4.49. The van der Waals surface area contributed by atoms with Crippen molar-refractivity contribution < 1.29 is 9.53 Å². The molecule has 1 aliphatic rings. The van der Waals surface area contributed by atoms with E-state index < -0.39 is 5.91 Å². The number of primary amides is 1. The van der Waals surface area contributed by atoms with Crippen molar-refractivity contribution in [3.63, 3.8) is 0 Å². The summed E-state index contributed by atoms with van der Waals surface area (Å²) in [6.07, 6.45) is 8.71.